The van der Waals surface area contributed by atoms with Crippen LogP contribution in [0.3, 0.4) is 0 Å². The first-order chi connectivity index (χ1) is 11.3. The number of hydrogen-bond acceptors (Lipinski definition) is 3. The lowest BCUT2D eigenvalue weighted by molar-refractivity contribution is 0.0918. The Labute approximate surface area is 142 Å². The molecule has 0 aliphatic heterocycles. The topological polar surface area (TPSA) is 67.4 Å². The van der Waals surface area contributed by atoms with Gasteiger partial charge in [-0.05, 0) is 63.2 Å². The summed E-state index contributed by atoms with van der Waals surface area (Å²) in [7, 11) is 1.57. The summed E-state index contributed by atoms with van der Waals surface area (Å²) in [6.45, 7) is 5.75. The van der Waals surface area contributed by atoms with Crippen LogP contribution in [0.5, 0.6) is 5.75 Å². The van der Waals surface area contributed by atoms with Crippen LogP contribution in [0, 0.1) is 0 Å². The van der Waals surface area contributed by atoms with E-state index < -0.39 is 0 Å². The van der Waals surface area contributed by atoms with E-state index in [0.717, 1.165) is 0 Å². The SMILES string of the molecule is COc1ccc(C(=O)Nc2cccc(C(=O)NC(C)(C)C)c2)cc1. The molecule has 0 aromatic heterocycles. The molecular weight excluding hydrogens is 304 g/mol. The van der Waals surface area contributed by atoms with E-state index in [-0.39, 0.29) is 17.4 Å². The van der Waals surface area contributed by atoms with E-state index in [0.29, 0.717) is 22.6 Å². The van der Waals surface area contributed by atoms with Crippen LogP contribution in [0.4, 0.5) is 5.69 Å². The Kier molecular flexibility index (Phi) is 5.24. The van der Waals surface area contributed by atoms with Gasteiger partial charge >= 0.3 is 0 Å². The highest BCUT2D eigenvalue weighted by Crippen LogP contribution is 2.15. The molecule has 126 valence electrons. The smallest absolute Gasteiger partial charge is 0.255 e. The zero-order chi connectivity index (χ0) is 17.7. The molecule has 0 saturated heterocycles. The number of carbonyl (C=O) groups excluding carboxylic acids is 2. The molecule has 0 heterocycles. The van der Waals surface area contributed by atoms with Gasteiger partial charge in [0.25, 0.3) is 11.8 Å². The van der Waals surface area contributed by atoms with Gasteiger partial charge < -0.3 is 15.4 Å². The molecule has 2 aromatic rings. The van der Waals surface area contributed by atoms with Crippen molar-refractivity contribution in [3.05, 3.63) is 59.7 Å². The minimum absolute atomic E-state index is 0.178. The largest absolute Gasteiger partial charge is 0.497 e. The standard InChI is InChI=1S/C19H22N2O3/c1-19(2,3)21-18(23)14-6-5-7-15(12-14)20-17(22)13-8-10-16(24-4)11-9-13/h5-12H,1-4H3,(H,20,22)(H,21,23). The van der Waals surface area contributed by atoms with E-state index in [2.05, 4.69) is 10.6 Å². The number of anilines is 1. The first-order valence-corrected chi connectivity index (χ1v) is 7.66. The minimum Gasteiger partial charge on any atom is -0.497 e. The summed E-state index contributed by atoms with van der Waals surface area (Å²) in [5.74, 6) is 0.265. The zero-order valence-corrected chi connectivity index (χ0v) is 14.3. The number of nitrogens with one attached hydrogen (secondary N) is 2. The van der Waals surface area contributed by atoms with Gasteiger partial charge in [0.2, 0.25) is 0 Å². The molecule has 0 fully saturated rings. The molecule has 0 aliphatic rings. The number of benzene rings is 2. The Morgan fingerprint density at radius 2 is 1.58 bits per heavy atom. The van der Waals surface area contributed by atoms with Crippen LogP contribution in [0.25, 0.3) is 0 Å². The number of methoxy groups -OCH3 is 1. The maximum atomic E-state index is 12.3. The van der Waals surface area contributed by atoms with Crippen molar-refractivity contribution < 1.29 is 14.3 Å². The van der Waals surface area contributed by atoms with Gasteiger partial charge in [-0.15, -0.1) is 0 Å². The van der Waals surface area contributed by atoms with E-state index in [1.54, 1.807) is 55.6 Å². The van der Waals surface area contributed by atoms with Gasteiger partial charge in [0, 0.05) is 22.4 Å². The van der Waals surface area contributed by atoms with Gasteiger partial charge in [-0.25, -0.2) is 0 Å². The van der Waals surface area contributed by atoms with Gasteiger partial charge in [0.05, 0.1) is 7.11 Å². The third-order valence-electron chi connectivity index (χ3n) is 3.22. The van der Waals surface area contributed by atoms with E-state index in [1.807, 2.05) is 20.8 Å². The number of carbonyl (C=O) groups is 2. The summed E-state index contributed by atoms with van der Waals surface area (Å²) < 4.78 is 5.07. The third-order valence-corrected chi connectivity index (χ3v) is 3.22. The normalized spacial score (nSPS) is 10.8. The summed E-state index contributed by atoms with van der Waals surface area (Å²) >= 11 is 0. The van der Waals surface area contributed by atoms with E-state index in [1.165, 1.54) is 0 Å². The molecule has 0 atom stereocenters. The molecule has 0 aliphatic carbocycles. The van der Waals surface area contributed by atoms with Crippen molar-refractivity contribution in [1.29, 1.82) is 0 Å². The predicted octanol–water partition coefficient (Wildman–Crippen LogP) is 3.48. The average molecular weight is 326 g/mol. The number of rotatable bonds is 4. The fourth-order valence-electron chi connectivity index (χ4n) is 2.10. The summed E-state index contributed by atoms with van der Waals surface area (Å²) in [4.78, 5) is 24.5. The highest BCUT2D eigenvalue weighted by atomic mass is 16.5. The lowest BCUT2D eigenvalue weighted by Gasteiger charge is -2.20. The Hall–Kier alpha value is -2.82. The number of ether oxygens (including phenoxy) is 1. The molecule has 2 rings (SSSR count). The van der Waals surface area contributed by atoms with Crippen LogP contribution >= 0.6 is 0 Å². The minimum atomic E-state index is -0.320. The Morgan fingerprint density at radius 1 is 0.917 bits per heavy atom. The van der Waals surface area contributed by atoms with Crippen LogP contribution in [0.2, 0.25) is 0 Å². The number of hydrogen-bond donors (Lipinski definition) is 2. The molecule has 5 heteroatoms. The Balaban J connectivity index is 2.10. The van der Waals surface area contributed by atoms with Crippen molar-refractivity contribution in [2.24, 2.45) is 0 Å². The van der Waals surface area contributed by atoms with Gasteiger partial charge in [-0.1, -0.05) is 6.07 Å². The van der Waals surface area contributed by atoms with Crippen molar-refractivity contribution in [1.82, 2.24) is 5.32 Å². The summed E-state index contributed by atoms with van der Waals surface area (Å²) in [6, 6.07) is 13.7. The fraction of sp³-hybridized carbons (Fsp3) is 0.263. The van der Waals surface area contributed by atoms with Crippen molar-refractivity contribution >= 4 is 17.5 Å². The zero-order valence-electron chi connectivity index (χ0n) is 14.3. The van der Waals surface area contributed by atoms with E-state index >= 15 is 0 Å². The molecule has 2 amide bonds. The highest BCUT2D eigenvalue weighted by Gasteiger charge is 2.15. The molecule has 0 radical (unpaired) electrons. The van der Waals surface area contributed by atoms with Gasteiger partial charge in [0.15, 0.2) is 0 Å². The molecule has 5 nitrogen and oxygen atoms in total. The molecule has 0 saturated carbocycles. The maximum Gasteiger partial charge on any atom is 0.255 e. The second kappa shape index (κ2) is 7.17. The molecule has 24 heavy (non-hydrogen) atoms. The average Bonchev–Trinajstić information content (AvgIpc) is 2.53. The summed E-state index contributed by atoms with van der Waals surface area (Å²) in [5.41, 5.74) is 1.26. The fourth-order valence-corrected chi connectivity index (χ4v) is 2.10. The lowest BCUT2D eigenvalue weighted by Crippen LogP contribution is -2.40. The lowest BCUT2D eigenvalue weighted by atomic mass is 10.1. The Morgan fingerprint density at radius 3 is 2.17 bits per heavy atom. The van der Waals surface area contributed by atoms with Crippen molar-refractivity contribution in [2.45, 2.75) is 26.3 Å². The van der Waals surface area contributed by atoms with Crippen LogP contribution in [-0.4, -0.2) is 24.5 Å². The molecule has 0 bridgehead atoms. The van der Waals surface area contributed by atoms with Crippen molar-refractivity contribution in [2.75, 3.05) is 12.4 Å². The van der Waals surface area contributed by atoms with Crippen LogP contribution in [0.15, 0.2) is 48.5 Å². The highest BCUT2D eigenvalue weighted by molar-refractivity contribution is 6.05. The van der Waals surface area contributed by atoms with E-state index in [4.69, 9.17) is 4.74 Å². The second-order valence-electron chi connectivity index (χ2n) is 6.47. The molecule has 0 unspecified atom stereocenters. The quantitative estimate of drug-likeness (QED) is 0.904. The molecular formula is C19H22N2O3. The van der Waals surface area contributed by atoms with Crippen molar-refractivity contribution in [3.8, 4) is 5.75 Å². The first-order valence-electron chi connectivity index (χ1n) is 7.66. The summed E-state index contributed by atoms with van der Waals surface area (Å²) in [5, 5.41) is 5.69. The first kappa shape index (κ1) is 17.5. The second-order valence-corrected chi connectivity index (χ2v) is 6.47. The van der Waals surface area contributed by atoms with Crippen molar-refractivity contribution in [3.63, 3.8) is 0 Å². The molecule has 0 spiro atoms. The summed E-state index contributed by atoms with van der Waals surface area (Å²) in [6.07, 6.45) is 0. The third kappa shape index (κ3) is 4.84. The molecule has 2 N–H and O–H groups in total. The van der Waals surface area contributed by atoms with Crippen LogP contribution in [-0.2, 0) is 0 Å². The monoisotopic (exact) mass is 326 g/mol. The van der Waals surface area contributed by atoms with Crippen LogP contribution in [0.1, 0.15) is 41.5 Å². The Bertz CT molecular complexity index is 731. The van der Waals surface area contributed by atoms with Crippen LogP contribution < -0.4 is 15.4 Å². The van der Waals surface area contributed by atoms with Gasteiger partial charge in [-0.2, -0.15) is 0 Å². The van der Waals surface area contributed by atoms with E-state index in [9.17, 15) is 9.59 Å². The predicted molar refractivity (Wildman–Crippen MR) is 94.6 cm³/mol. The maximum absolute atomic E-state index is 12.3. The molecule has 2 aromatic carbocycles. The van der Waals surface area contributed by atoms with Gasteiger partial charge in [0.1, 0.15) is 5.75 Å². The van der Waals surface area contributed by atoms with Gasteiger partial charge in [-0.3, -0.25) is 9.59 Å². The number of amides is 2.